The molecule has 0 spiro atoms. The summed E-state index contributed by atoms with van der Waals surface area (Å²) < 4.78 is 19.5. The van der Waals surface area contributed by atoms with E-state index in [4.69, 9.17) is 4.74 Å². The fourth-order valence-electron chi connectivity index (χ4n) is 1.78. The zero-order chi connectivity index (χ0) is 13.7. The molecule has 0 amide bonds. The van der Waals surface area contributed by atoms with Crippen LogP contribution in [0.5, 0.6) is 5.75 Å². The second-order valence-corrected chi connectivity index (χ2v) is 5.07. The number of hydrogen-bond acceptors (Lipinski definition) is 2. The van der Waals surface area contributed by atoms with Crippen LogP contribution in [0.1, 0.15) is 11.1 Å². The Morgan fingerprint density at radius 2 is 1.95 bits per heavy atom. The van der Waals surface area contributed by atoms with Crippen LogP contribution in [0.25, 0.3) is 0 Å². The molecule has 0 fully saturated rings. The van der Waals surface area contributed by atoms with Gasteiger partial charge in [0.1, 0.15) is 18.2 Å². The maximum atomic E-state index is 13.1. The molecule has 0 unspecified atom stereocenters. The number of hydrogen-bond donors (Lipinski definition) is 1. The van der Waals surface area contributed by atoms with Crippen LogP contribution in [0.15, 0.2) is 46.9 Å². The topological polar surface area (TPSA) is 21.3 Å². The van der Waals surface area contributed by atoms with Crippen LogP contribution in [0.2, 0.25) is 0 Å². The average molecular weight is 324 g/mol. The van der Waals surface area contributed by atoms with Crippen molar-refractivity contribution in [1.29, 1.82) is 0 Å². The molecule has 0 aliphatic rings. The van der Waals surface area contributed by atoms with Gasteiger partial charge in [-0.15, -0.1) is 0 Å². The van der Waals surface area contributed by atoms with Crippen molar-refractivity contribution in [2.75, 3.05) is 7.05 Å². The van der Waals surface area contributed by atoms with Crippen molar-refractivity contribution in [3.05, 3.63) is 63.9 Å². The third kappa shape index (κ3) is 4.04. The molecule has 2 aromatic rings. The Bertz CT molecular complexity index is 560. The number of ether oxygens (including phenoxy) is 1. The first-order valence-electron chi connectivity index (χ1n) is 5.99. The molecule has 0 saturated carbocycles. The Morgan fingerprint density at radius 3 is 2.74 bits per heavy atom. The summed E-state index contributed by atoms with van der Waals surface area (Å²) >= 11 is 3.34. The van der Waals surface area contributed by atoms with E-state index in [1.807, 2.05) is 19.2 Å². The fourth-order valence-corrected chi connectivity index (χ4v) is 2.14. The van der Waals surface area contributed by atoms with Crippen molar-refractivity contribution in [1.82, 2.24) is 5.32 Å². The zero-order valence-corrected chi connectivity index (χ0v) is 12.2. The van der Waals surface area contributed by atoms with Crippen molar-refractivity contribution in [2.24, 2.45) is 0 Å². The molecular formula is C15H15BrFNO. The van der Waals surface area contributed by atoms with Gasteiger partial charge < -0.3 is 10.1 Å². The van der Waals surface area contributed by atoms with Crippen LogP contribution in [-0.4, -0.2) is 7.05 Å². The minimum Gasteiger partial charge on any atom is -0.488 e. The molecule has 0 aliphatic carbocycles. The monoisotopic (exact) mass is 323 g/mol. The molecule has 19 heavy (non-hydrogen) atoms. The summed E-state index contributed by atoms with van der Waals surface area (Å²) in [5, 5.41) is 3.10. The van der Waals surface area contributed by atoms with Crippen molar-refractivity contribution >= 4 is 15.9 Å². The molecule has 0 aromatic heterocycles. The fraction of sp³-hybridized carbons (Fsp3) is 0.200. The largest absolute Gasteiger partial charge is 0.488 e. The summed E-state index contributed by atoms with van der Waals surface area (Å²) in [4.78, 5) is 0. The lowest BCUT2D eigenvalue weighted by Gasteiger charge is -2.09. The third-order valence-electron chi connectivity index (χ3n) is 2.66. The second-order valence-electron chi connectivity index (χ2n) is 4.21. The van der Waals surface area contributed by atoms with Crippen LogP contribution in [0.3, 0.4) is 0 Å². The summed E-state index contributed by atoms with van der Waals surface area (Å²) in [6, 6.07) is 12.5. The van der Waals surface area contributed by atoms with E-state index in [2.05, 4.69) is 33.4 Å². The smallest absolute Gasteiger partial charge is 0.136 e. The second kappa shape index (κ2) is 6.68. The third-order valence-corrected chi connectivity index (χ3v) is 3.32. The number of rotatable bonds is 5. The Hall–Kier alpha value is -1.39. The predicted molar refractivity (Wildman–Crippen MR) is 77.6 cm³/mol. The van der Waals surface area contributed by atoms with E-state index in [0.29, 0.717) is 12.4 Å². The highest BCUT2D eigenvalue weighted by Gasteiger charge is 2.04. The highest BCUT2D eigenvalue weighted by Crippen LogP contribution is 2.26. The molecule has 2 aromatic carbocycles. The van der Waals surface area contributed by atoms with Gasteiger partial charge in [-0.25, -0.2) is 4.39 Å². The van der Waals surface area contributed by atoms with Crippen molar-refractivity contribution in [3.63, 3.8) is 0 Å². The van der Waals surface area contributed by atoms with E-state index in [9.17, 15) is 4.39 Å². The summed E-state index contributed by atoms with van der Waals surface area (Å²) in [5.41, 5.74) is 2.26. The van der Waals surface area contributed by atoms with Gasteiger partial charge in [-0.1, -0.05) is 24.3 Å². The molecular weight excluding hydrogens is 309 g/mol. The molecule has 4 heteroatoms. The van der Waals surface area contributed by atoms with Gasteiger partial charge in [0.15, 0.2) is 0 Å². The van der Waals surface area contributed by atoms with Gasteiger partial charge in [0, 0.05) is 12.6 Å². The molecule has 0 saturated heterocycles. The lowest BCUT2D eigenvalue weighted by Crippen LogP contribution is -2.05. The van der Waals surface area contributed by atoms with Crippen molar-refractivity contribution < 1.29 is 9.13 Å². The minimum absolute atomic E-state index is 0.304. The van der Waals surface area contributed by atoms with Crippen LogP contribution in [0, 0.1) is 5.82 Å². The van der Waals surface area contributed by atoms with E-state index < -0.39 is 0 Å². The van der Waals surface area contributed by atoms with Crippen molar-refractivity contribution in [2.45, 2.75) is 13.2 Å². The van der Waals surface area contributed by atoms with Gasteiger partial charge in [0.2, 0.25) is 0 Å². The van der Waals surface area contributed by atoms with E-state index in [0.717, 1.165) is 16.6 Å². The standard InChI is InChI=1S/C15H15BrFNO/c1-18-9-11-3-2-4-12(7-11)10-19-15-8-13(17)5-6-14(15)16/h2-8,18H,9-10H2,1H3. The van der Waals surface area contributed by atoms with E-state index in [1.54, 1.807) is 6.07 Å². The first kappa shape index (κ1) is 14.0. The van der Waals surface area contributed by atoms with Crippen LogP contribution in [0.4, 0.5) is 4.39 Å². The van der Waals surface area contributed by atoms with Crippen LogP contribution < -0.4 is 10.1 Å². The molecule has 0 heterocycles. The summed E-state index contributed by atoms with van der Waals surface area (Å²) in [5.74, 6) is 0.209. The highest BCUT2D eigenvalue weighted by molar-refractivity contribution is 9.10. The maximum absolute atomic E-state index is 13.1. The number of halogens is 2. The first-order chi connectivity index (χ1) is 9.19. The molecule has 1 N–H and O–H groups in total. The lowest BCUT2D eigenvalue weighted by molar-refractivity contribution is 0.302. The molecule has 0 bridgehead atoms. The lowest BCUT2D eigenvalue weighted by atomic mass is 10.1. The van der Waals surface area contributed by atoms with Crippen molar-refractivity contribution in [3.8, 4) is 5.75 Å². The van der Waals surface area contributed by atoms with E-state index in [1.165, 1.54) is 17.7 Å². The summed E-state index contributed by atoms with van der Waals surface area (Å²) in [7, 11) is 1.91. The Labute approximate surface area is 120 Å². The van der Waals surface area contributed by atoms with Gasteiger partial charge >= 0.3 is 0 Å². The molecule has 0 atom stereocenters. The molecule has 100 valence electrons. The minimum atomic E-state index is -0.304. The summed E-state index contributed by atoms with van der Waals surface area (Å²) in [6.45, 7) is 1.23. The van der Waals surface area contributed by atoms with Gasteiger partial charge in [-0.3, -0.25) is 0 Å². The molecule has 0 radical (unpaired) electrons. The van der Waals surface area contributed by atoms with Gasteiger partial charge in [-0.2, -0.15) is 0 Å². The first-order valence-corrected chi connectivity index (χ1v) is 6.78. The molecule has 0 aliphatic heterocycles. The van der Waals surface area contributed by atoms with Crippen LogP contribution in [-0.2, 0) is 13.2 Å². The SMILES string of the molecule is CNCc1cccc(COc2cc(F)ccc2Br)c1. The predicted octanol–water partition coefficient (Wildman–Crippen LogP) is 3.89. The Balaban J connectivity index is 2.05. The Morgan fingerprint density at radius 1 is 1.16 bits per heavy atom. The van der Waals surface area contributed by atoms with Crippen LogP contribution >= 0.6 is 15.9 Å². The van der Waals surface area contributed by atoms with E-state index >= 15 is 0 Å². The number of nitrogens with one attached hydrogen (secondary N) is 1. The quantitative estimate of drug-likeness (QED) is 0.901. The normalized spacial score (nSPS) is 10.5. The van der Waals surface area contributed by atoms with E-state index in [-0.39, 0.29) is 5.82 Å². The summed E-state index contributed by atoms with van der Waals surface area (Å²) in [6.07, 6.45) is 0. The number of benzene rings is 2. The zero-order valence-electron chi connectivity index (χ0n) is 10.6. The molecule has 2 nitrogen and oxygen atoms in total. The van der Waals surface area contributed by atoms with Gasteiger partial charge in [-0.05, 0) is 46.2 Å². The highest BCUT2D eigenvalue weighted by atomic mass is 79.9. The molecule has 2 rings (SSSR count). The average Bonchev–Trinajstić information content (AvgIpc) is 2.41. The van der Waals surface area contributed by atoms with Gasteiger partial charge in [0.05, 0.1) is 4.47 Å². The maximum Gasteiger partial charge on any atom is 0.136 e. The Kier molecular flexibility index (Phi) is 4.93. The van der Waals surface area contributed by atoms with Gasteiger partial charge in [0.25, 0.3) is 0 Å².